The molecule has 8 heteroatoms. The molecule has 0 spiro atoms. The molecule has 3 heterocycles. The average molecular weight is 455 g/mol. The van der Waals surface area contributed by atoms with Crippen molar-refractivity contribution < 1.29 is 9.59 Å². The summed E-state index contributed by atoms with van der Waals surface area (Å²) >= 11 is 3.18. The Labute approximate surface area is 190 Å². The zero-order valence-corrected chi connectivity index (χ0v) is 19.1. The summed E-state index contributed by atoms with van der Waals surface area (Å²) in [6.07, 6.45) is 0.360. The first-order valence-electron chi connectivity index (χ1n) is 10.4. The van der Waals surface area contributed by atoms with Gasteiger partial charge in [-0.05, 0) is 23.9 Å². The van der Waals surface area contributed by atoms with Crippen molar-refractivity contribution in [1.82, 2.24) is 20.1 Å². The van der Waals surface area contributed by atoms with Crippen LogP contribution in [0, 0.1) is 6.92 Å². The highest BCUT2D eigenvalue weighted by atomic mass is 32.1. The number of benzene rings is 1. The van der Waals surface area contributed by atoms with Gasteiger partial charge in [0.2, 0.25) is 11.8 Å². The summed E-state index contributed by atoms with van der Waals surface area (Å²) in [7, 11) is 0. The van der Waals surface area contributed by atoms with E-state index >= 15 is 0 Å². The predicted octanol–water partition coefficient (Wildman–Crippen LogP) is 3.11. The Balaban J connectivity index is 1.29. The summed E-state index contributed by atoms with van der Waals surface area (Å²) in [5.74, 6) is 0.112. The Morgan fingerprint density at radius 1 is 1.06 bits per heavy atom. The van der Waals surface area contributed by atoms with Crippen molar-refractivity contribution >= 4 is 34.5 Å². The summed E-state index contributed by atoms with van der Waals surface area (Å²) in [6.45, 7) is 4.96. The number of nitrogens with zero attached hydrogens (tertiary/aromatic N) is 3. The molecule has 1 saturated heterocycles. The van der Waals surface area contributed by atoms with Gasteiger partial charge in [0.25, 0.3) is 0 Å². The SMILES string of the molecule is Cc1csc(CC(=O)N2CCN(CC(=O)NC(c3ccccc3)c3cccs3)CC2)n1. The number of rotatable bonds is 7. The van der Waals surface area contributed by atoms with Gasteiger partial charge < -0.3 is 10.2 Å². The van der Waals surface area contributed by atoms with Crippen LogP contribution in [0.3, 0.4) is 0 Å². The van der Waals surface area contributed by atoms with E-state index in [1.807, 2.05) is 59.0 Å². The van der Waals surface area contributed by atoms with Gasteiger partial charge in [0, 0.05) is 42.1 Å². The maximum absolute atomic E-state index is 12.8. The number of aryl methyl sites for hydroxylation is 1. The van der Waals surface area contributed by atoms with E-state index in [0.29, 0.717) is 39.1 Å². The number of amides is 2. The Hall–Kier alpha value is -2.55. The van der Waals surface area contributed by atoms with Gasteiger partial charge in [-0.15, -0.1) is 22.7 Å². The Kier molecular flexibility index (Phi) is 7.11. The topological polar surface area (TPSA) is 65.5 Å². The van der Waals surface area contributed by atoms with Gasteiger partial charge >= 0.3 is 0 Å². The van der Waals surface area contributed by atoms with E-state index < -0.39 is 0 Å². The number of hydrogen-bond acceptors (Lipinski definition) is 6. The molecule has 1 aliphatic heterocycles. The third-order valence-corrected chi connectivity index (χ3v) is 7.23. The van der Waals surface area contributed by atoms with Crippen LogP contribution in [-0.2, 0) is 16.0 Å². The number of nitrogens with one attached hydrogen (secondary N) is 1. The van der Waals surface area contributed by atoms with Crippen LogP contribution in [0.25, 0.3) is 0 Å². The highest BCUT2D eigenvalue weighted by Gasteiger charge is 2.24. The monoisotopic (exact) mass is 454 g/mol. The van der Waals surface area contributed by atoms with E-state index in [0.717, 1.165) is 21.1 Å². The second kappa shape index (κ2) is 10.2. The zero-order valence-electron chi connectivity index (χ0n) is 17.5. The quantitative estimate of drug-likeness (QED) is 0.596. The first-order chi connectivity index (χ1) is 15.1. The fourth-order valence-electron chi connectivity index (χ4n) is 3.71. The molecule has 1 aliphatic rings. The highest BCUT2D eigenvalue weighted by Crippen LogP contribution is 2.25. The van der Waals surface area contributed by atoms with Crippen molar-refractivity contribution in [2.24, 2.45) is 0 Å². The molecule has 162 valence electrons. The molecule has 1 aromatic carbocycles. The van der Waals surface area contributed by atoms with Crippen LogP contribution in [0.5, 0.6) is 0 Å². The van der Waals surface area contributed by atoms with Crippen LogP contribution in [0.4, 0.5) is 0 Å². The first-order valence-corrected chi connectivity index (χ1v) is 12.1. The fraction of sp³-hybridized carbons (Fsp3) is 0.348. The maximum Gasteiger partial charge on any atom is 0.234 e. The van der Waals surface area contributed by atoms with Crippen LogP contribution >= 0.6 is 22.7 Å². The molecule has 1 fully saturated rings. The number of aromatic nitrogens is 1. The summed E-state index contributed by atoms with van der Waals surface area (Å²) in [5, 5.41) is 8.06. The third-order valence-electron chi connectivity index (χ3n) is 5.33. The van der Waals surface area contributed by atoms with Gasteiger partial charge in [0.1, 0.15) is 5.01 Å². The van der Waals surface area contributed by atoms with E-state index in [1.165, 1.54) is 11.3 Å². The van der Waals surface area contributed by atoms with E-state index in [1.54, 1.807) is 11.3 Å². The number of carbonyl (C=O) groups is 2. The van der Waals surface area contributed by atoms with Crippen LogP contribution < -0.4 is 5.32 Å². The van der Waals surface area contributed by atoms with E-state index in [-0.39, 0.29) is 17.9 Å². The van der Waals surface area contributed by atoms with E-state index in [2.05, 4.69) is 21.3 Å². The second-order valence-electron chi connectivity index (χ2n) is 7.64. The number of carbonyl (C=O) groups excluding carboxylic acids is 2. The maximum atomic E-state index is 12.8. The van der Waals surface area contributed by atoms with Crippen molar-refractivity contribution in [2.75, 3.05) is 32.7 Å². The molecular weight excluding hydrogens is 428 g/mol. The standard InChI is InChI=1S/C23H26N4O2S2/c1-17-16-31-21(24-17)14-22(29)27-11-9-26(10-12-27)15-20(28)25-23(19-8-5-13-30-19)18-6-3-2-4-7-18/h2-8,13,16,23H,9-12,14-15H2,1H3,(H,25,28). The summed E-state index contributed by atoms with van der Waals surface area (Å²) in [5.41, 5.74) is 2.03. The lowest BCUT2D eigenvalue weighted by Crippen LogP contribution is -2.51. The summed E-state index contributed by atoms with van der Waals surface area (Å²) in [6, 6.07) is 14.0. The first kappa shape index (κ1) is 21.7. The van der Waals surface area contributed by atoms with E-state index in [9.17, 15) is 9.59 Å². The summed E-state index contributed by atoms with van der Waals surface area (Å²) < 4.78 is 0. The second-order valence-corrected chi connectivity index (χ2v) is 9.56. The van der Waals surface area contributed by atoms with Crippen molar-refractivity contribution in [1.29, 1.82) is 0 Å². The van der Waals surface area contributed by atoms with Crippen molar-refractivity contribution in [2.45, 2.75) is 19.4 Å². The predicted molar refractivity (Wildman–Crippen MR) is 124 cm³/mol. The molecule has 0 radical (unpaired) electrons. The van der Waals surface area contributed by atoms with Gasteiger partial charge in [-0.1, -0.05) is 36.4 Å². The van der Waals surface area contributed by atoms with Crippen LogP contribution in [-0.4, -0.2) is 59.3 Å². The fourth-order valence-corrected chi connectivity index (χ4v) is 5.28. The number of piperazine rings is 1. The molecule has 4 rings (SSSR count). The third kappa shape index (κ3) is 5.78. The molecule has 1 atom stereocenters. The Morgan fingerprint density at radius 3 is 2.48 bits per heavy atom. The van der Waals surface area contributed by atoms with Gasteiger partial charge in [0.15, 0.2) is 0 Å². The average Bonchev–Trinajstić information content (AvgIpc) is 3.45. The van der Waals surface area contributed by atoms with Crippen LogP contribution in [0.15, 0.2) is 53.2 Å². The highest BCUT2D eigenvalue weighted by molar-refractivity contribution is 7.10. The summed E-state index contributed by atoms with van der Waals surface area (Å²) in [4.78, 5) is 34.8. The molecule has 0 bridgehead atoms. The van der Waals surface area contributed by atoms with Crippen molar-refractivity contribution in [3.8, 4) is 0 Å². The van der Waals surface area contributed by atoms with Crippen LogP contribution in [0.2, 0.25) is 0 Å². The van der Waals surface area contributed by atoms with Gasteiger partial charge in [-0.2, -0.15) is 0 Å². The van der Waals surface area contributed by atoms with Crippen LogP contribution in [0.1, 0.15) is 27.2 Å². The Bertz CT molecular complexity index is 996. The molecular formula is C23H26N4O2S2. The number of hydrogen-bond donors (Lipinski definition) is 1. The molecule has 2 amide bonds. The van der Waals surface area contributed by atoms with Crippen molar-refractivity contribution in [3.05, 3.63) is 74.4 Å². The minimum absolute atomic E-state index is 0.000269. The van der Waals surface area contributed by atoms with Gasteiger partial charge in [-0.25, -0.2) is 4.98 Å². The molecule has 2 aromatic heterocycles. The molecule has 0 aliphatic carbocycles. The minimum atomic E-state index is -0.140. The molecule has 0 saturated carbocycles. The lowest BCUT2D eigenvalue weighted by molar-refractivity contribution is -0.132. The molecule has 1 N–H and O–H groups in total. The normalized spacial score (nSPS) is 15.6. The largest absolute Gasteiger partial charge is 0.343 e. The molecule has 6 nitrogen and oxygen atoms in total. The molecule has 31 heavy (non-hydrogen) atoms. The zero-order chi connectivity index (χ0) is 21.6. The number of thiophene rings is 1. The molecule has 1 unspecified atom stereocenters. The lowest BCUT2D eigenvalue weighted by Gasteiger charge is -2.34. The van der Waals surface area contributed by atoms with E-state index in [4.69, 9.17) is 0 Å². The lowest BCUT2D eigenvalue weighted by atomic mass is 10.1. The molecule has 3 aromatic rings. The van der Waals surface area contributed by atoms with Gasteiger partial charge in [0.05, 0.1) is 19.0 Å². The Morgan fingerprint density at radius 2 is 1.84 bits per heavy atom. The minimum Gasteiger partial charge on any atom is -0.343 e. The van der Waals surface area contributed by atoms with Crippen molar-refractivity contribution in [3.63, 3.8) is 0 Å². The smallest absolute Gasteiger partial charge is 0.234 e. The van der Waals surface area contributed by atoms with Gasteiger partial charge in [-0.3, -0.25) is 14.5 Å². The number of thiazole rings is 1.